The molecule has 5 nitrogen and oxygen atoms in total. The van der Waals surface area contributed by atoms with Crippen LogP contribution in [0.4, 0.5) is 0 Å². The van der Waals surface area contributed by atoms with Gasteiger partial charge in [0.25, 0.3) is 0 Å². The van der Waals surface area contributed by atoms with Crippen molar-refractivity contribution in [3.8, 4) is 16.9 Å². The van der Waals surface area contributed by atoms with Gasteiger partial charge in [-0.15, -0.1) is 0 Å². The molecule has 0 aliphatic rings. The molecule has 3 aromatic carbocycles. The highest BCUT2D eigenvalue weighted by atomic mass is 127. The van der Waals surface area contributed by atoms with Gasteiger partial charge in [-0.05, 0) is 87.2 Å². The van der Waals surface area contributed by atoms with E-state index in [0.29, 0.717) is 21.1 Å². The maximum atomic E-state index is 12.4. The normalized spacial score (nSPS) is 12.0. The van der Waals surface area contributed by atoms with Crippen LogP contribution >= 0.6 is 22.6 Å². The number of aryl methyl sites for hydroxylation is 2. The fourth-order valence-corrected chi connectivity index (χ4v) is 5.79. The Kier molecular flexibility index (Phi) is 7.85. The summed E-state index contributed by atoms with van der Waals surface area (Å²) in [7, 11) is 0. The minimum Gasteiger partial charge on any atom is -0.507 e. The average Bonchev–Trinajstić information content (AvgIpc) is 2.74. The van der Waals surface area contributed by atoms with Gasteiger partial charge in [0.1, 0.15) is 5.75 Å². The maximum absolute atomic E-state index is 12.4. The van der Waals surface area contributed by atoms with Gasteiger partial charge in [0, 0.05) is 15.6 Å². The molecular weight excluding hydrogens is 579 g/mol. The van der Waals surface area contributed by atoms with Gasteiger partial charge in [0.05, 0.1) is 11.1 Å². The molecule has 3 aromatic rings. The molecule has 0 spiro atoms. The molecule has 0 heterocycles. The Balaban J connectivity index is 2.48. The summed E-state index contributed by atoms with van der Waals surface area (Å²) < 4.78 is 0.379. The standard InChI is InChI=1S/C31H35IO5/c1-16-11-18(15-19-12-17(2)14-23(27(19)33)31(6,7)8)24(22(13-16)30(3,4)5)25-20(28(34)35)9-10-21(26(25)32)29(36)37/h9-14,33H,15H2,1-8H3,(H,34,35)(H,36,37). The molecule has 37 heavy (non-hydrogen) atoms. The molecule has 0 aliphatic heterocycles. The predicted octanol–water partition coefficient (Wildman–Crippen LogP) is 7.86. The zero-order valence-corrected chi connectivity index (χ0v) is 24.9. The predicted molar refractivity (Wildman–Crippen MR) is 156 cm³/mol. The van der Waals surface area contributed by atoms with Crippen molar-refractivity contribution in [3.63, 3.8) is 0 Å². The van der Waals surface area contributed by atoms with E-state index in [0.717, 1.165) is 33.4 Å². The smallest absolute Gasteiger partial charge is 0.336 e. The second kappa shape index (κ2) is 10.1. The Labute approximate surface area is 232 Å². The molecule has 0 bridgehead atoms. The number of halogens is 1. The van der Waals surface area contributed by atoms with Crippen molar-refractivity contribution in [2.24, 2.45) is 0 Å². The first-order valence-electron chi connectivity index (χ1n) is 12.2. The lowest BCUT2D eigenvalue weighted by Gasteiger charge is -2.28. The SMILES string of the molecule is Cc1cc(Cc2cc(C)cc(C(C)(C)C)c2-c2c(C(=O)O)ccc(C(=O)O)c2I)c(O)c(C(C)(C)C)c1. The van der Waals surface area contributed by atoms with E-state index in [1.165, 1.54) is 12.1 Å². The van der Waals surface area contributed by atoms with Gasteiger partial charge >= 0.3 is 11.9 Å². The topological polar surface area (TPSA) is 94.8 Å². The molecule has 0 aromatic heterocycles. The molecule has 0 fully saturated rings. The summed E-state index contributed by atoms with van der Waals surface area (Å²) in [6.45, 7) is 16.3. The third-order valence-electron chi connectivity index (χ3n) is 6.55. The van der Waals surface area contributed by atoms with E-state index in [-0.39, 0.29) is 27.7 Å². The van der Waals surface area contributed by atoms with Gasteiger partial charge in [-0.25, -0.2) is 9.59 Å². The number of benzene rings is 3. The number of phenols is 1. The van der Waals surface area contributed by atoms with Gasteiger partial charge in [0.2, 0.25) is 0 Å². The Morgan fingerprint density at radius 2 is 1.19 bits per heavy atom. The first kappa shape index (κ1) is 28.7. The highest BCUT2D eigenvalue weighted by molar-refractivity contribution is 14.1. The summed E-state index contributed by atoms with van der Waals surface area (Å²) in [4.78, 5) is 24.4. The lowest BCUT2D eigenvalue weighted by molar-refractivity contribution is 0.0681. The highest BCUT2D eigenvalue weighted by Crippen LogP contribution is 2.43. The number of carboxylic acids is 2. The lowest BCUT2D eigenvalue weighted by Crippen LogP contribution is -2.17. The van der Waals surface area contributed by atoms with Crippen molar-refractivity contribution in [1.29, 1.82) is 0 Å². The largest absolute Gasteiger partial charge is 0.507 e. The summed E-state index contributed by atoms with van der Waals surface area (Å²) in [5.74, 6) is -2.00. The molecular formula is C31H35IO5. The molecule has 0 unspecified atom stereocenters. The van der Waals surface area contributed by atoms with Crippen LogP contribution in [0.1, 0.15) is 95.6 Å². The van der Waals surface area contributed by atoms with Crippen molar-refractivity contribution < 1.29 is 24.9 Å². The summed E-state index contributed by atoms with van der Waals surface area (Å²) >= 11 is 1.95. The Morgan fingerprint density at radius 3 is 1.68 bits per heavy atom. The second-order valence-electron chi connectivity index (χ2n) is 11.8. The van der Waals surface area contributed by atoms with Gasteiger partial charge in [-0.2, -0.15) is 0 Å². The molecule has 0 aliphatic carbocycles. The van der Waals surface area contributed by atoms with Crippen molar-refractivity contribution in [2.75, 3.05) is 0 Å². The van der Waals surface area contributed by atoms with Crippen LogP contribution in [0, 0.1) is 17.4 Å². The molecule has 0 saturated carbocycles. The van der Waals surface area contributed by atoms with Crippen LogP contribution in [0.25, 0.3) is 11.1 Å². The zero-order chi connectivity index (χ0) is 28.0. The zero-order valence-electron chi connectivity index (χ0n) is 22.7. The van der Waals surface area contributed by atoms with E-state index in [4.69, 9.17) is 0 Å². The molecule has 0 radical (unpaired) electrons. The van der Waals surface area contributed by atoms with E-state index >= 15 is 0 Å². The summed E-state index contributed by atoms with van der Waals surface area (Å²) in [6.07, 6.45) is 0.364. The van der Waals surface area contributed by atoms with Crippen LogP contribution < -0.4 is 0 Å². The number of hydrogen-bond acceptors (Lipinski definition) is 3. The lowest BCUT2D eigenvalue weighted by atomic mass is 9.76. The van der Waals surface area contributed by atoms with E-state index in [2.05, 4.69) is 41.5 Å². The molecule has 3 N–H and O–H groups in total. The second-order valence-corrected chi connectivity index (χ2v) is 12.9. The number of carboxylic acid groups (broad SMARTS) is 2. The summed E-state index contributed by atoms with van der Waals surface area (Å²) in [5, 5.41) is 31.3. The van der Waals surface area contributed by atoms with Crippen LogP contribution in [0.2, 0.25) is 0 Å². The third kappa shape index (κ3) is 5.84. The Hall–Kier alpha value is -2.87. The third-order valence-corrected chi connectivity index (χ3v) is 7.67. The number of aromatic carboxylic acids is 2. The highest BCUT2D eigenvalue weighted by Gasteiger charge is 2.29. The van der Waals surface area contributed by atoms with E-state index in [9.17, 15) is 24.9 Å². The van der Waals surface area contributed by atoms with E-state index < -0.39 is 11.9 Å². The Bertz CT molecular complexity index is 1400. The number of rotatable bonds is 5. The van der Waals surface area contributed by atoms with Crippen LogP contribution in [0.15, 0.2) is 36.4 Å². The fraction of sp³-hybridized carbons (Fsp3) is 0.355. The molecule has 6 heteroatoms. The molecule has 0 atom stereocenters. The van der Waals surface area contributed by atoms with Crippen molar-refractivity contribution >= 4 is 34.5 Å². The van der Waals surface area contributed by atoms with Crippen molar-refractivity contribution in [2.45, 2.75) is 72.6 Å². The molecule has 0 amide bonds. The average molecular weight is 615 g/mol. The summed E-state index contributed by atoms with van der Waals surface area (Å²) in [6, 6.07) is 10.7. The Morgan fingerprint density at radius 1 is 0.730 bits per heavy atom. The first-order valence-corrected chi connectivity index (χ1v) is 13.3. The van der Waals surface area contributed by atoms with Crippen LogP contribution in [0.3, 0.4) is 0 Å². The number of hydrogen-bond donors (Lipinski definition) is 3. The molecule has 3 rings (SSSR count). The van der Waals surface area contributed by atoms with Crippen LogP contribution in [0.5, 0.6) is 5.75 Å². The number of aromatic hydroxyl groups is 1. The molecule has 0 saturated heterocycles. The van der Waals surface area contributed by atoms with Crippen LogP contribution in [-0.4, -0.2) is 27.3 Å². The van der Waals surface area contributed by atoms with Crippen molar-refractivity contribution in [3.05, 3.63) is 84.5 Å². The maximum Gasteiger partial charge on any atom is 0.336 e. The molecule has 196 valence electrons. The fourth-order valence-electron chi connectivity index (χ4n) is 4.82. The quantitative estimate of drug-likeness (QED) is 0.255. The minimum atomic E-state index is -1.12. The van der Waals surface area contributed by atoms with Gasteiger partial charge < -0.3 is 15.3 Å². The van der Waals surface area contributed by atoms with Gasteiger partial charge in [-0.1, -0.05) is 76.9 Å². The van der Waals surface area contributed by atoms with Gasteiger partial charge in [-0.3, -0.25) is 0 Å². The summed E-state index contributed by atoms with van der Waals surface area (Å²) in [5.41, 5.74) is 5.98. The van der Waals surface area contributed by atoms with E-state index in [1.54, 1.807) is 0 Å². The number of phenolic OH excluding ortho intramolecular Hbond substituents is 1. The van der Waals surface area contributed by atoms with E-state index in [1.807, 2.05) is 60.7 Å². The minimum absolute atomic E-state index is 0.0499. The monoisotopic (exact) mass is 614 g/mol. The first-order chi connectivity index (χ1) is 16.9. The van der Waals surface area contributed by atoms with Crippen LogP contribution in [-0.2, 0) is 17.3 Å². The number of carbonyl (C=O) groups is 2. The van der Waals surface area contributed by atoms with Gasteiger partial charge in [0.15, 0.2) is 0 Å². The van der Waals surface area contributed by atoms with Crippen molar-refractivity contribution in [1.82, 2.24) is 0 Å².